The molecule has 2 aromatic carbocycles. The lowest BCUT2D eigenvalue weighted by molar-refractivity contribution is -0.220. The summed E-state index contributed by atoms with van der Waals surface area (Å²) in [5.41, 5.74) is -0.338. The van der Waals surface area contributed by atoms with Crippen molar-refractivity contribution in [3.63, 3.8) is 0 Å². The number of hydrogen-bond acceptors (Lipinski definition) is 14. The van der Waals surface area contributed by atoms with Crippen LogP contribution in [-0.2, 0) is 36.8 Å². The Morgan fingerprint density at radius 1 is 0.813 bits per heavy atom. The molecular weight excluding hydrogens is 988 g/mol. The van der Waals surface area contributed by atoms with Crippen molar-refractivity contribution in [1.82, 2.24) is 46.2 Å². The van der Waals surface area contributed by atoms with Gasteiger partial charge >= 0.3 is 18.4 Å². The zero-order valence-corrected chi connectivity index (χ0v) is 42.5. The normalized spacial score (nSPS) is 18.5. The SMILES string of the molecule is COC(=O)N[C@H](C(=O)NN(Cc1c(F)cc(-c2ncccn2)cc1F)C[C@H](O)[C@H](Cc1ccc(C#Cc2ccc(N3C[C@@H]4C[C@H]3CN4C3COC3)nc2)cc1)NC(=O)[C@@H](NC(=O)OC)C(C)(C)C(F)(F)F)C(C)(C)C. The van der Waals surface area contributed by atoms with Crippen molar-refractivity contribution in [2.75, 3.05) is 52.0 Å². The smallest absolute Gasteiger partial charge is 0.407 e. The third kappa shape index (κ3) is 13.5. The van der Waals surface area contributed by atoms with Crippen molar-refractivity contribution in [1.29, 1.82) is 0 Å². The van der Waals surface area contributed by atoms with E-state index in [0.717, 1.165) is 69.9 Å². The molecule has 4 amide bonds. The molecule has 6 atom stereocenters. The first-order chi connectivity index (χ1) is 35.4. The molecule has 3 saturated heterocycles. The van der Waals surface area contributed by atoms with Crippen LogP contribution in [0.1, 0.15) is 63.3 Å². The molecule has 402 valence electrons. The molecule has 75 heavy (non-hydrogen) atoms. The number of benzene rings is 2. The average molecular weight is 1050 g/mol. The first-order valence-electron chi connectivity index (χ1n) is 24.2. The topological polar surface area (TPSA) is 213 Å². The van der Waals surface area contributed by atoms with Crippen LogP contribution in [0.5, 0.6) is 0 Å². The number of hydrazine groups is 1. The van der Waals surface area contributed by atoms with Crippen LogP contribution >= 0.6 is 0 Å². The summed E-state index contributed by atoms with van der Waals surface area (Å²) in [7, 11) is 1.98. The molecule has 0 aliphatic carbocycles. The van der Waals surface area contributed by atoms with Crippen LogP contribution < -0.4 is 26.3 Å². The third-order valence-electron chi connectivity index (χ3n) is 13.7. The highest BCUT2D eigenvalue weighted by molar-refractivity contribution is 5.87. The number of hydrogen-bond donors (Lipinski definition) is 5. The summed E-state index contributed by atoms with van der Waals surface area (Å²) < 4.78 is 90.3. The number of nitrogens with one attached hydrogen (secondary N) is 4. The van der Waals surface area contributed by atoms with Gasteiger partial charge in [0.05, 0.1) is 51.0 Å². The van der Waals surface area contributed by atoms with Crippen molar-refractivity contribution >= 4 is 29.8 Å². The van der Waals surface area contributed by atoms with Gasteiger partial charge in [0.15, 0.2) is 5.82 Å². The maximum absolute atomic E-state index is 16.0. The van der Waals surface area contributed by atoms with Crippen LogP contribution in [-0.4, -0.2) is 150 Å². The standard InChI is InChI=1S/C52H61F5N10O8/c1-50(2,3)43(62-48(71)73-6)47(70)64-65(26-37-38(53)20-33(21-39(37)54)45-58-17-8-18-59-45)27-41(68)40(61-46(69)44(63-49(72)74-7)51(4,5)52(55,56)57)19-31-12-9-30(10-13-31)11-14-32-15-16-42(60-23-32)67-25-34-22-35(67)24-66(34)36-28-75-29-36/h8-10,12-13,15-18,20-21,23,34-36,40-41,43-44,68H,19,22,24-29H2,1-7H3,(H,61,69)(H,62,71)(H,63,72)(H,64,70)/t34-,35-,40-,41-,43+,44+/m0/s1. The number of rotatable bonds is 17. The molecule has 4 aromatic rings. The number of carbonyl (C=O) groups is 4. The number of piperazine rings is 1. The maximum atomic E-state index is 16.0. The number of aromatic nitrogens is 3. The van der Waals surface area contributed by atoms with Gasteiger partial charge in [-0.1, -0.05) is 44.7 Å². The van der Waals surface area contributed by atoms with Gasteiger partial charge in [-0.2, -0.15) is 13.2 Å². The van der Waals surface area contributed by atoms with E-state index in [0.29, 0.717) is 48.7 Å². The minimum Gasteiger partial charge on any atom is -0.453 e. The number of carbonyl (C=O) groups excluding carboxylic acids is 4. The van der Waals surface area contributed by atoms with Crippen molar-refractivity contribution in [3.8, 4) is 23.2 Å². The lowest BCUT2D eigenvalue weighted by atomic mass is 9.82. The summed E-state index contributed by atoms with van der Waals surface area (Å²) in [6, 6.07) is 10.0. The van der Waals surface area contributed by atoms with Crippen molar-refractivity contribution in [2.45, 2.75) is 103 Å². The van der Waals surface area contributed by atoms with Crippen LogP contribution in [0, 0.1) is 34.3 Å². The van der Waals surface area contributed by atoms with Crippen molar-refractivity contribution in [3.05, 3.63) is 107 Å². The summed E-state index contributed by atoms with van der Waals surface area (Å²) in [4.78, 5) is 70.6. The predicted molar refractivity (Wildman–Crippen MR) is 263 cm³/mol. The molecule has 3 fully saturated rings. The molecule has 2 bridgehead atoms. The Balaban J connectivity index is 1.15. The molecule has 7 rings (SSSR count). The zero-order chi connectivity index (χ0) is 54.4. The Bertz CT molecular complexity index is 2710. The average Bonchev–Trinajstić information content (AvgIpc) is 3.96. The Hall–Kier alpha value is -7.00. The second kappa shape index (κ2) is 23.3. The number of ether oxygens (including phenoxy) is 3. The number of fused-ring (bicyclic) bond motifs is 2. The second-order valence-electron chi connectivity index (χ2n) is 20.4. The quantitative estimate of drug-likeness (QED) is 0.0542. The number of methoxy groups -OCH3 is 2. The van der Waals surface area contributed by atoms with Crippen LogP contribution in [0.2, 0.25) is 0 Å². The maximum Gasteiger partial charge on any atom is 0.407 e. The van der Waals surface area contributed by atoms with E-state index in [9.17, 15) is 37.5 Å². The Morgan fingerprint density at radius 2 is 1.43 bits per heavy atom. The van der Waals surface area contributed by atoms with Gasteiger partial charge in [0.25, 0.3) is 5.91 Å². The Morgan fingerprint density at radius 3 is 1.96 bits per heavy atom. The molecule has 0 saturated carbocycles. The zero-order valence-electron chi connectivity index (χ0n) is 42.5. The molecule has 0 radical (unpaired) electrons. The minimum absolute atomic E-state index is 0.00968. The number of anilines is 1. The molecule has 23 heteroatoms. The summed E-state index contributed by atoms with van der Waals surface area (Å²) in [5, 5.41) is 19.9. The van der Waals surface area contributed by atoms with Crippen LogP contribution in [0.15, 0.2) is 73.2 Å². The number of halogens is 5. The summed E-state index contributed by atoms with van der Waals surface area (Å²) >= 11 is 0. The number of aliphatic hydroxyl groups is 1. The second-order valence-corrected chi connectivity index (χ2v) is 20.4. The molecule has 3 aliphatic heterocycles. The van der Waals surface area contributed by atoms with E-state index < -0.39 is 95.5 Å². The molecule has 2 aromatic heterocycles. The fourth-order valence-corrected chi connectivity index (χ4v) is 9.15. The molecule has 0 spiro atoms. The molecule has 0 unspecified atom stereocenters. The number of nitrogens with zero attached hydrogens (tertiary/aromatic N) is 6. The fourth-order valence-electron chi connectivity index (χ4n) is 9.15. The van der Waals surface area contributed by atoms with Crippen LogP contribution in [0.3, 0.4) is 0 Å². The number of alkyl halides is 3. The molecule has 18 nitrogen and oxygen atoms in total. The highest BCUT2D eigenvalue weighted by Crippen LogP contribution is 2.41. The van der Waals surface area contributed by atoms with Gasteiger partial charge in [0, 0.05) is 79.1 Å². The van der Waals surface area contributed by atoms with Gasteiger partial charge in [-0.3, -0.25) is 19.9 Å². The highest BCUT2D eigenvalue weighted by Gasteiger charge is 2.56. The van der Waals surface area contributed by atoms with E-state index >= 15 is 8.78 Å². The van der Waals surface area contributed by atoms with Crippen molar-refractivity contribution < 1.29 is 60.4 Å². The molecular formula is C52H61F5N10O8. The first kappa shape index (κ1) is 55.7. The first-order valence-corrected chi connectivity index (χ1v) is 24.2. The lowest BCUT2D eigenvalue weighted by Gasteiger charge is -2.42. The molecule has 3 aliphatic rings. The number of amides is 4. The number of pyridine rings is 1. The van der Waals surface area contributed by atoms with Gasteiger partial charge in [-0.15, -0.1) is 0 Å². The van der Waals surface area contributed by atoms with Gasteiger partial charge in [-0.25, -0.2) is 38.3 Å². The predicted octanol–water partition coefficient (Wildman–Crippen LogP) is 4.88. The Labute approximate surface area is 431 Å². The minimum atomic E-state index is -5.06. The third-order valence-corrected chi connectivity index (χ3v) is 13.7. The van der Waals surface area contributed by atoms with E-state index in [2.05, 4.69) is 52.4 Å². The van der Waals surface area contributed by atoms with Crippen LogP contribution in [0.4, 0.5) is 37.4 Å². The lowest BCUT2D eigenvalue weighted by Crippen LogP contribution is -2.63. The Kier molecular flexibility index (Phi) is 17.3. The van der Waals surface area contributed by atoms with E-state index in [1.807, 2.05) is 17.4 Å². The molecule has 5 heterocycles. The number of alkyl carbamates (subject to hydrolysis) is 2. The fraction of sp³-hybridized carbons (Fsp3) is 0.481. The highest BCUT2D eigenvalue weighted by atomic mass is 19.4. The monoisotopic (exact) mass is 1050 g/mol. The van der Waals surface area contributed by atoms with E-state index in [1.54, 1.807) is 51.2 Å². The number of likely N-dealkylation sites (tertiary alicyclic amines) is 1. The largest absolute Gasteiger partial charge is 0.453 e. The van der Waals surface area contributed by atoms with Crippen molar-refractivity contribution in [2.24, 2.45) is 10.8 Å². The van der Waals surface area contributed by atoms with Gasteiger partial charge in [-0.05, 0) is 80.1 Å². The van der Waals surface area contributed by atoms with Gasteiger partial charge in [0.2, 0.25) is 5.91 Å². The van der Waals surface area contributed by atoms with E-state index in [4.69, 9.17) is 14.5 Å². The van der Waals surface area contributed by atoms with E-state index in [1.165, 1.54) is 18.5 Å². The van der Waals surface area contributed by atoms with Crippen LogP contribution in [0.25, 0.3) is 11.4 Å². The van der Waals surface area contributed by atoms with E-state index in [-0.39, 0.29) is 17.8 Å². The number of aliphatic hydroxyl groups excluding tert-OH is 1. The summed E-state index contributed by atoms with van der Waals surface area (Å²) in [6.07, 6.45) is -3.97. The molecule has 5 N–H and O–H groups in total. The summed E-state index contributed by atoms with van der Waals surface area (Å²) in [5.74, 6) is 2.59. The van der Waals surface area contributed by atoms with Gasteiger partial charge in [0.1, 0.15) is 29.5 Å². The van der Waals surface area contributed by atoms with Gasteiger partial charge < -0.3 is 40.2 Å². The summed E-state index contributed by atoms with van der Waals surface area (Å²) in [6.45, 7) is 8.16.